The van der Waals surface area contributed by atoms with E-state index in [1.807, 2.05) is 0 Å². The van der Waals surface area contributed by atoms with Crippen LogP contribution in [0.2, 0.25) is 0 Å². The topological polar surface area (TPSA) is 27.6 Å². The maximum atomic E-state index is 4.72. The van der Waals surface area contributed by atoms with Gasteiger partial charge in [0, 0.05) is 26.2 Å². The van der Waals surface area contributed by atoms with Crippen LogP contribution in [0.5, 0.6) is 0 Å². The molecule has 0 unspecified atom stereocenters. The van der Waals surface area contributed by atoms with Gasteiger partial charge in [0.2, 0.25) is 0 Å². The minimum absolute atomic E-state index is 0.825. The number of nitrogens with one attached hydrogen (secondary N) is 1. The fourth-order valence-corrected chi connectivity index (χ4v) is 2.20. The highest BCUT2D eigenvalue weighted by Gasteiger charge is 2.14. The van der Waals surface area contributed by atoms with Gasteiger partial charge in [-0.15, -0.1) is 0 Å². The minimum atomic E-state index is 0.825. The molecule has 1 saturated heterocycles. The van der Waals surface area contributed by atoms with Crippen molar-refractivity contribution in [3.8, 4) is 0 Å². The molecule has 3 heteroatoms. The summed E-state index contributed by atoms with van der Waals surface area (Å²) in [6.45, 7) is 11.0. The number of hydrogen-bond donors (Lipinski definition) is 1. The fourth-order valence-electron chi connectivity index (χ4n) is 2.20. The maximum absolute atomic E-state index is 4.72. The average Bonchev–Trinajstić information content (AvgIpc) is 2.80. The Balaban J connectivity index is 2.25. The Bertz CT molecular complexity index is 218. The molecule has 0 radical (unpaired) electrons. The molecule has 3 nitrogen and oxygen atoms in total. The van der Waals surface area contributed by atoms with Gasteiger partial charge in [0.15, 0.2) is 5.96 Å². The summed E-state index contributed by atoms with van der Waals surface area (Å²) in [7, 11) is 0. The van der Waals surface area contributed by atoms with Gasteiger partial charge in [-0.3, -0.25) is 4.99 Å². The summed E-state index contributed by atoms with van der Waals surface area (Å²) in [6.07, 6.45) is 6.49. The van der Waals surface area contributed by atoms with E-state index in [2.05, 4.69) is 31.0 Å². The van der Waals surface area contributed by atoms with Crippen LogP contribution < -0.4 is 5.32 Å². The van der Waals surface area contributed by atoms with Gasteiger partial charge in [-0.1, -0.05) is 26.7 Å². The Morgan fingerprint density at radius 2 is 1.94 bits per heavy atom. The number of rotatable bonds is 6. The predicted octanol–water partition coefficient (Wildman–Crippen LogP) is 2.87. The Morgan fingerprint density at radius 3 is 2.53 bits per heavy atom. The first-order chi connectivity index (χ1) is 8.24. The van der Waals surface area contributed by atoms with Gasteiger partial charge >= 0.3 is 0 Å². The Labute approximate surface area is 107 Å². The molecule has 1 aliphatic heterocycles. The molecule has 0 aliphatic carbocycles. The van der Waals surface area contributed by atoms with Crippen LogP contribution in [0.3, 0.4) is 0 Å². The van der Waals surface area contributed by atoms with E-state index in [4.69, 9.17) is 4.99 Å². The van der Waals surface area contributed by atoms with Gasteiger partial charge in [0.05, 0.1) is 0 Å². The first-order valence-corrected chi connectivity index (χ1v) is 7.27. The second-order valence-electron chi connectivity index (χ2n) is 5.32. The van der Waals surface area contributed by atoms with Crippen molar-refractivity contribution in [3.63, 3.8) is 0 Å². The SMILES string of the molecule is CCNC(=NCCCCC(C)C)N1CCCC1. The van der Waals surface area contributed by atoms with Crippen molar-refractivity contribution >= 4 is 5.96 Å². The van der Waals surface area contributed by atoms with Crippen LogP contribution in [0.25, 0.3) is 0 Å². The lowest BCUT2D eigenvalue weighted by atomic mass is 10.1. The van der Waals surface area contributed by atoms with Gasteiger partial charge < -0.3 is 10.2 Å². The molecule has 100 valence electrons. The number of unbranched alkanes of at least 4 members (excludes halogenated alkanes) is 1. The molecule has 0 aromatic carbocycles. The normalized spacial score (nSPS) is 16.9. The molecule has 17 heavy (non-hydrogen) atoms. The van der Waals surface area contributed by atoms with Crippen LogP contribution in [0.1, 0.15) is 52.9 Å². The molecule has 0 bridgehead atoms. The van der Waals surface area contributed by atoms with Gasteiger partial charge in [0.1, 0.15) is 0 Å². The zero-order valence-corrected chi connectivity index (χ0v) is 11.8. The van der Waals surface area contributed by atoms with Gasteiger partial charge in [-0.05, 0) is 32.1 Å². The van der Waals surface area contributed by atoms with Crippen LogP contribution in [-0.2, 0) is 0 Å². The fraction of sp³-hybridized carbons (Fsp3) is 0.929. The molecule has 1 fully saturated rings. The second kappa shape index (κ2) is 8.37. The van der Waals surface area contributed by atoms with E-state index in [-0.39, 0.29) is 0 Å². The first kappa shape index (κ1) is 14.3. The van der Waals surface area contributed by atoms with Crippen LogP contribution in [0, 0.1) is 5.92 Å². The number of likely N-dealkylation sites (tertiary alicyclic amines) is 1. The van der Waals surface area contributed by atoms with Crippen LogP contribution in [0.4, 0.5) is 0 Å². The minimum Gasteiger partial charge on any atom is -0.357 e. The van der Waals surface area contributed by atoms with Crippen molar-refractivity contribution in [1.82, 2.24) is 10.2 Å². The van der Waals surface area contributed by atoms with E-state index in [0.29, 0.717) is 0 Å². The van der Waals surface area contributed by atoms with Crippen LogP contribution in [-0.4, -0.2) is 37.0 Å². The second-order valence-corrected chi connectivity index (χ2v) is 5.32. The third kappa shape index (κ3) is 5.94. The van der Waals surface area contributed by atoms with Crippen molar-refractivity contribution < 1.29 is 0 Å². The Hall–Kier alpha value is -0.730. The number of guanidine groups is 1. The third-order valence-corrected chi connectivity index (χ3v) is 3.19. The van der Waals surface area contributed by atoms with E-state index >= 15 is 0 Å². The zero-order chi connectivity index (χ0) is 12.5. The lowest BCUT2D eigenvalue weighted by Gasteiger charge is -2.20. The van der Waals surface area contributed by atoms with Crippen molar-refractivity contribution in [3.05, 3.63) is 0 Å². The molecular formula is C14H29N3. The highest BCUT2D eigenvalue weighted by atomic mass is 15.3. The molecule has 1 N–H and O–H groups in total. The molecular weight excluding hydrogens is 210 g/mol. The molecule has 0 amide bonds. The number of nitrogens with zero attached hydrogens (tertiary/aromatic N) is 2. The predicted molar refractivity (Wildman–Crippen MR) is 75.5 cm³/mol. The summed E-state index contributed by atoms with van der Waals surface area (Å²) in [5.74, 6) is 1.96. The molecule has 0 aromatic heterocycles. The van der Waals surface area contributed by atoms with Gasteiger partial charge in [0.25, 0.3) is 0 Å². The smallest absolute Gasteiger partial charge is 0.193 e. The van der Waals surface area contributed by atoms with Gasteiger partial charge in [-0.2, -0.15) is 0 Å². The molecule has 1 rings (SSSR count). The largest absolute Gasteiger partial charge is 0.357 e. The molecule has 0 spiro atoms. The lowest BCUT2D eigenvalue weighted by Crippen LogP contribution is -2.39. The van der Waals surface area contributed by atoms with E-state index in [0.717, 1.165) is 25.0 Å². The summed E-state index contributed by atoms with van der Waals surface area (Å²) < 4.78 is 0. The Kier molecular flexibility index (Phi) is 7.06. The van der Waals surface area contributed by atoms with E-state index < -0.39 is 0 Å². The highest BCUT2D eigenvalue weighted by Crippen LogP contribution is 2.09. The van der Waals surface area contributed by atoms with Crippen LogP contribution >= 0.6 is 0 Å². The summed E-state index contributed by atoms with van der Waals surface area (Å²) >= 11 is 0. The monoisotopic (exact) mass is 239 g/mol. The summed E-state index contributed by atoms with van der Waals surface area (Å²) in [5, 5.41) is 3.40. The van der Waals surface area contributed by atoms with Crippen molar-refractivity contribution in [1.29, 1.82) is 0 Å². The van der Waals surface area contributed by atoms with E-state index in [1.165, 1.54) is 45.2 Å². The molecule has 0 atom stereocenters. The average molecular weight is 239 g/mol. The zero-order valence-electron chi connectivity index (χ0n) is 11.8. The highest BCUT2D eigenvalue weighted by molar-refractivity contribution is 5.80. The van der Waals surface area contributed by atoms with Crippen molar-refractivity contribution in [2.75, 3.05) is 26.2 Å². The van der Waals surface area contributed by atoms with Gasteiger partial charge in [-0.25, -0.2) is 0 Å². The van der Waals surface area contributed by atoms with Crippen LogP contribution in [0.15, 0.2) is 4.99 Å². The molecule has 1 heterocycles. The lowest BCUT2D eigenvalue weighted by molar-refractivity contribution is 0.490. The summed E-state index contributed by atoms with van der Waals surface area (Å²) in [6, 6.07) is 0. The molecule has 0 aromatic rings. The quantitative estimate of drug-likeness (QED) is 0.438. The summed E-state index contributed by atoms with van der Waals surface area (Å²) in [5.41, 5.74) is 0. The number of hydrogen-bond acceptors (Lipinski definition) is 1. The Morgan fingerprint density at radius 1 is 1.24 bits per heavy atom. The maximum Gasteiger partial charge on any atom is 0.193 e. The molecule has 1 aliphatic rings. The number of aliphatic imine (C=N–C) groups is 1. The van der Waals surface area contributed by atoms with Crippen molar-refractivity contribution in [2.45, 2.75) is 52.9 Å². The summed E-state index contributed by atoms with van der Waals surface area (Å²) in [4.78, 5) is 7.12. The third-order valence-electron chi connectivity index (χ3n) is 3.19. The first-order valence-electron chi connectivity index (χ1n) is 7.27. The van der Waals surface area contributed by atoms with E-state index in [9.17, 15) is 0 Å². The standard InChI is InChI=1S/C14H29N3/c1-4-15-14(17-11-7-8-12-17)16-10-6-5-9-13(2)3/h13H,4-12H2,1-3H3,(H,15,16). The van der Waals surface area contributed by atoms with Crippen molar-refractivity contribution in [2.24, 2.45) is 10.9 Å². The van der Waals surface area contributed by atoms with E-state index in [1.54, 1.807) is 0 Å². The molecule has 0 saturated carbocycles.